The SMILES string of the molecule is CC1(C)C(=O)N(c2ccc(C#N)c(C(F)(F)F)c2)C(S)N1c1ccc(OCCN2CCN(CC(=O)Nc3cc(Cl)cc(NC4CCC(=O)NC4=O)c3)CC2)c(C2CC2)c1. The maximum absolute atomic E-state index is 13.8. The van der Waals surface area contributed by atoms with Crippen LogP contribution < -0.4 is 30.5 Å². The predicted octanol–water partition coefficient (Wildman–Crippen LogP) is 5.81. The molecule has 3 heterocycles. The molecule has 59 heavy (non-hydrogen) atoms. The number of imide groups is 1. The van der Waals surface area contributed by atoms with E-state index in [1.54, 1.807) is 43.0 Å². The zero-order valence-corrected chi connectivity index (χ0v) is 34.1. The summed E-state index contributed by atoms with van der Waals surface area (Å²) >= 11 is 11.1. The fourth-order valence-electron chi connectivity index (χ4n) is 7.80. The van der Waals surface area contributed by atoms with E-state index in [9.17, 15) is 37.6 Å². The fourth-order valence-corrected chi connectivity index (χ4v) is 8.69. The lowest BCUT2D eigenvalue weighted by atomic mass is 10.0. The number of amides is 4. The molecule has 312 valence electrons. The van der Waals surface area contributed by atoms with Crippen LogP contribution in [0.25, 0.3) is 0 Å². The Hall–Kier alpha value is -5.02. The smallest absolute Gasteiger partial charge is 0.417 e. The summed E-state index contributed by atoms with van der Waals surface area (Å²) in [6, 6.07) is 14.9. The topological polar surface area (TPSA) is 150 Å². The number of nitrogens with one attached hydrogen (secondary N) is 3. The molecule has 2 unspecified atom stereocenters. The molecule has 3 N–H and O–H groups in total. The highest BCUT2D eigenvalue weighted by molar-refractivity contribution is 7.81. The first-order valence-electron chi connectivity index (χ1n) is 19.4. The molecule has 0 aromatic heterocycles. The molecule has 7 rings (SSSR count). The number of carbonyl (C=O) groups is 4. The van der Waals surface area contributed by atoms with Gasteiger partial charge >= 0.3 is 6.18 Å². The maximum Gasteiger partial charge on any atom is 0.417 e. The molecule has 3 aliphatic heterocycles. The Morgan fingerprint density at radius 2 is 1.68 bits per heavy atom. The quantitative estimate of drug-likeness (QED) is 0.130. The number of nitriles is 1. The van der Waals surface area contributed by atoms with E-state index < -0.39 is 46.2 Å². The number of hydrogen-bond acceptors (Lipinski definition) is 11. The standard InChI is InChI=1S/C41H44ClF3N8O5S/c1-40(2)38(57)52(29-6-5-25(22-46)32(21-29)41(43,44)45)39(59)53(40)30-7-9-34(31(20-30)24-3-4-24)58-16-15-50-11-13-51(14-12-50)23-36(55)48-28-18-26(42)17-27(19-28)47-33-8-10-35(54)49-37(33)56/h5-7,9,17-21,24,33,39,47,59H,3-4,8,10-16,23H2,1-2H3,(H,48,55)(H,49,54,56). The van der Waals surface area contributed by atoms with Crippen molar-refractivity contribution in [3.8, 4) is 11.8 Å². The van der Waals surface area contributed by atoms with Crippen molar-refractivity contribution >= 4 is 70.6 Å². The summed E-state index contributed by atoms with van der Waals surface area (Å²) in [4.78, 5) is 57.8. The molecule has 3 saturated heterocycles. The molecule has 4 fully saturated rings. The van der Waals surface area contributed by atoms with E-state index in [0.29, 0.717) is 54.7 Å². The largest absolute Gasteiger partial charge is 0.492 e. The van der Waals surface area contributed by atoms with Crippen LogP contribution in [-0.2, 0) is 25.4 Å². The third kappa shape index (κ3) is 9.41. The molecule has 2 atom stereocenters. The third-order valence-electron chi connectivity index (χ3n) is 11.1. The first kappa shape index (κ1) is 42.1. The van der Waals surface area contributed by atoms with Crippen molar-refractivity contribution in [2.45, 2.75) is 68.7 Å². The number of benzene rings is 3. The average molecular weight is 853 g/mol. The summed E-state index contributed by atoms with van der Waals surface area (Å²) in [7, 11) is 0. The number of carbonyl (C=O) groups excluding carboxylic acids is 4. The minimum absolute atomic E-state index is 0.00223. The molecule has 4 amide bonds. The Morgan fingerprint density at radius 1 is 0.983 bits per heavy atom. The number of piperidine rings is 1. The van der Waals surface area contributed by atoms with Gasteiger partial charge in [-0.15, -0.1) is 12.6 Å². The molecule has 1 aliphatic carbocycles. The summed E-state index contributed by atoms with van der Waals surface area (Å²) in [6.45, 7) is 7.55. The van der Waals surface area contributed by atoms with Gasteiger partial charge in [0.2, 0.25) is 17.7 Å². The maximum atomic E-state index is 13.8. The molecule has 0 radical (unpaired) electrons. The van der Waals surface area contributed by atoms with Gasteiger partial charge in [-0.25, -0.2) is 0 Å². The molecular weight excluding hydrogens is 809 g/mol. The van der Waals surface area contributed by atoms with E-state index in [2.05, 4.69) is 25.8 Å². The number of thiol groups is 1. The second-order valence-corrected chi connectivity index (χ2v) is 16.6. The Morgan fingerprint density at radius 3 is 2.36 bits per heavy atom. The monoisotopic (exact) mass is 852 g/mol. The molecule has 1 saturated carbocycles. The van der Waals surface area contributed by atoms with Crippen molar-refractivity contribution in [3.63, 3.8) is 0 Å². The van der Waals surface area contributed by atoms with Gasteiger partial charge in [-0.2, -0.15) is 18.4 Å². The summed E-state index contributed by atoms with van der Waals surface area (Å²) in [5, 5.41) is 17.9. The van der Waals surface area contributed by atoms with Crippen LogP contribution in [0.1, 0.15) is 62.1 Å². The minimum Gasteiger partial charge on any atom is -0.492 e. The molecule has 3 aromatic rings. The number of anilines is 4. The van der Waals surface area contributed by atoms with Gasteiger partial charge in [-0.1, -0.05) is 11.6 Å². The Bertz CT molecular complexity index is 2190. The fraction of sp³-hybridized carbons (Fsp3) is 0.439. The number of halogens is 4. The molecule has 3 aromatic carbocycles. The summed E-state index contributed by atoms with van der Waals surface area (Å²) < 4.78 is 47.8. The van der Waals surface area contributed by atoms with Crippen molar-refractivity contribution in [1.82, 2.24) is 15.1 Å². The summed E-state index contributed by atoms with van der Waals surface area (Å²) in [5.74, 6) is -0.321. The van der Waals surface area contributed by atoms with Crippen LogP contribution in [-0.4, -0.2) is 96.4 Å². The van der Waals surface area contributed by atoms with Crippen LogP contribution in [0.15, 0.2) is 54.6 Å². The van der Waals surface area contributed by atoms with Crippen LogP contribution in [0.3, 0.4) is 0 Å². The van der Waals surface area contributed by atoms with Gasteiger partial charge in [0, 0.05) is 66.9 Å². The molecule has 4 aliphatic rings. The van der Waals surface area contributed by atoms with Crippen molar-refractivity contribution in [2.75, 3.05) is 66.3 Å². The van der Waals surface area contributed by atoms with Gasteiger partial charge in [0.25, 0.3) is 5.91 Å². The number of nitrogens with zero attached hydrogens (tertiary/aromatic N) is 5. The van der Waals surface area contributed by atoms with E-state index in [-0.39, 0.29) is 36.4 Å². The second kappa shape index (κ2) is 16.9. The summed E-state index contributed by atoms with van der Waals surface area (Å²) in [6.07, 6.45) is -2.22. The first-order chi connectivity index (χ1) is 28.0. The lowest BCUT2D eigenvalue weighted by Crippen LogP contribution is -2.49. The van der Waals surface area contributed by atoms with Crippen LogP contribution in [0.2, 0.25) is 5.02 Å². The number of rotatable bonds is 12. The van der Waals surface area contributed by atoms with Gasteiger partial charge in [0.05, 0.1) is 23.7 Å². The van der Waals surface area contributed by atoms with Gasteiger partial charge < -0.3 is 20.3 Å². The third-order valence-corrected chi connectivity index (χ3v) is 11.7. The number of alkyl halides is 3. The van der Waals surface area contributed by atoms with E-state index in [1.807, 2.05) is 18.2 Å². The Kier molecular flexibility index (Phi) is 12.1. The van der Waals surface area contributed by atoms with Gasteiger partial charge in [-0.05, 0) is 99.2 Å². The first-order valence-corrected chi connectivity index (χ1v) is 20.3. The number of ether oxygens (including phenoxy) is 1. The van der Waals surface area contributed by atoms with E-state index >= 15 is 0 Å². The van der Waals surface area contributed by atoms with Crippen LogP contribution >= 0.6 is 24.2 Å². The van der Waals surface area contributed by atoms with Crippen LogP contribution in [0.5, 0.6) is 5.75 Å². The van der Waals surface area contributed by atoms with Gasteiger partial charge in [0.15, 0.2) is 5.50 Å². The van der Waals surface area contributed by atoms with Crippen molar-refractivity contribution in [2.24, 2.45) is 0 Å². The molecule has 0 spiro atoms. The second-order valence-electron chi connectivity index (χ2n) is 15.7. The van der Waals surface area contributed by atoms with E-state index in [1.165, 1.54) is 11.0 Å². The number of piperazine rings is 1. The molecule has 18 heteroatoms. The van der Waals surface area contributed by atoms with Gasteiger partial charge in [0.1, 0.15) is 23.9 Å². The highest BCUT2D eigenvalue weighted by atomic mass is 35.5. The summed E-state index contributed by atoms with van der Waals surface area (Å²) in [5.41, 5.74) is -0.992. The van der Waals surface area contributed by atoms with Crippen LogP contribution in [0, 0.1) is 11.3 Å². The molecule has 0 bridgehead atoms. The molecule has 13 nitrogen and oxygen atoms in total. The lowest BCUT2D eigenvalue weighted by Gasteiger charge is -2.34. The van der Waals surface area contributed by atoms with Crippen molar-refractivity contribution < 1.29 is 37.1 Å². The minimum atomic E-state index is -4.78. The highest BCUT2D eigenvalue weighted by Gasteiger charge is 2.52. The predicted molar refractivity (Wildman–Crippen MR) is 220 cm³/mol. The lowest BCUT2D eigenvalue weighted by molar-refractivity contribution is -0.138. The zero-order valence-electron chi connectivity index (χ0n) is 32.4. The Labute approximate surface area is 350 Å². The van der Waals surface area contributed by atoms with Crippen molar-refractivity contribution in [3.05, 3.63) is 76.3 Å². The Balaban J connectivity index is 0.918. The average Bonchev–Trinajstić information content (AvgIpc) is 4.00. The zero-order chi connectivity index (χ0) is 42.2. The number of hydrogen-bond donors (Lipinski definition) is 4. The molecular formula is C41H44ClF3N8O5S. The normalized spacial score (nSPS) is 21.3. The van der Waals surface area contributed by atoms with Crippen molar-refractivity contribution in [1.29, 1.82) is 5.26 Å². The van der Waals surface area contributed by atoms with E-state index in [0.717, 1.165) is 49.4 Å². The highest BCUT2D eigenvalue weighted by Crippen LogP contribution is 2.48. The van der Waals surface area contributed by atoms with Crippen LogP contribution in [0.4, 0.5) is 35.9 Å². The van der Waals surface area contributed by atoms with E-state index in [4.69, 9.17) is 29.0 Å². The van der Waals surface area contributed by atoms with Gasteiger partial charge in [-0.3, -0.25) is 39.2 Å².